The molecule has 4 nitrogen and oxygen atoms in total. The highest BCUT2D eigenvalue weighted by atomic mass is 32.2. The summed E-state index contributed by atoms with van der Waals surface area (Å²) in [4.78, 5) is 13.7. The Kier molecular flexibility index (Phi) is 4.48. The number of para-hydroxylation sites is 1. The van der Waals surface area contributed by atoms with Gasteiger partial charge in [0.2, 0.25) is 0 Å². The summed E-state index contributed by atoms with van der Waals surface area (Å²) in [5, 5.41) is 8.90. The molecule has 0 unspecified atom stereocenters. The first kappa shape index (κ1) is 12.8. The molecule has 94 valence electrons. The number of carbonyl (C=O) groups excluding carboxylic acids is 1. The van der Waals surface area contributed by atoms with Gasteiger partial charge in [-0.2, -0.15) is 17.0 Å². The van der Waals surface area contributed by atoms with E-state index in [1.54, 1.807) is 24.3 Å². The van der Waals surface area contributed by atoms with Crippen molar-refractivity contribution in [1.82, 2.24) is 4.90 Å². The predicted octanol–water partition coefficient (Wildman–Crippen LogP) is 1.51. The van der Waals surface area contributed by atoms with E-state index in [0.717, 1.165) is 24.6 Å². The summed E-state index contributed by atoms with van der Waals surface area (Å²) < 4.78 is 5.42. The van der Waals surface area contributed by atoms with Crippen molar-refractivity contribution in [2.45, 2.75) is 0 Å². The van der Waals surface area contributed by atoms with Gasteiger partial charge in [0, 0.05) is 24.6 Å². The maximum Gasteiger partial charge on any atom is 0.260 e. The lowest BCUT2D eigenvalue weighted by atomic mass is 10.2. The number of hydrogen-bond acceptors (Lipinski definition) is 4. The fourth-order valence-electron chi connectivity index (χ4n) is 1.73. The molecule has 0 N–H and O–H groups in total. The molecule has 1 fully saturated rings. The van der Waals surface area contributed by atoms with Crippen molar-refractivity contribution in [2.24, 2.45) is 0 Å². The van der Waals surface area contributed by atoms with Gasteiger partial charge in [-0.15, -0.1) is 0 Å². The lowest BCUT2D eigenvalue weighted by Gasteiger charge is -2.26. The zero-order chi connectivity index (χ0) is 12.8. The fraction of sp³-hybridized carbons (Fsp3) is 0.385. The Morgan fingerprint density at radius 3 is 2.83 bits per heavy atom. The molecule has 5 heteroatoms. The molecule has 18 heavy (non-hydrogen) atoms. The number of nitriles is 1. The first-order valence-corrected chi connectivity index (χ1v) is 6.94. The molecule has 1 aromatic carbocycles. The van der Waals surface area contributed by atoms with E-state index in [2.05, 4.69) is 0 Å². The van der Waals surface area contributed by atoms with Crippen LogP contribution < -0.4 is 4.74 Å². The lowest BCUT2D eigenvalue weighted by Crippen LogP contribution is -2.40. The highest BCUT2D eigenvalue weighted by Crippen LogP contribution is 2.17. The smallest absolute Gasteiger partial charge is 0.260 e. The van der Waals surface area contributed by atoms with Crippen LogP contribution in [0.15, 0.2) is 24.3 Å². The summed E-state index contributed by atoms with van der Waals surface area (Å²) in [6.07, 6.45) is 0. The van der Waals surface area contributed by atoms with Crippen LogP contribution in [-0.4, -0.2) is 42.0 Å². The number of thioether (sulfide) groups is 1. The van der Waals surface area contributed by atoms with Gasteiger partial charge in [0.05, 0.1) is 5.56 Å². The van der Waals surface area contributed by atoms with Crippen molar-refractivity contribution >= 4 is 17.7 Å². The average Bonchev–Trinajstić information content (AvgIpc) is 2.46. The summed E-state index contributed by atoms with van der Waals surface area (Å²) in [5.41, 5.74) is 0.458. The molecule has 1 aliphatic heterocycles. The Morgan fingerprint density at radius 2 is 2.11 bits per heavy atom. The highest BCUT2D eigenvalue weighted by Gasteiger charge is 2.17. The molecule has 1 heterocycles. The maximum absolute atomic E-state index is 11.9. The average molecular weight is 262 g/mol. The molecule has 0 aliphatic carbocycles. The zero-order valence-corrected chi connectivity index (χ0v) is 10.8. The van der Waals surface area contributed by atoms with Crippen LogP contribution in [-0.2, 0) is 4.79 Å². The molecule has 0 saturated carbocycles. The normalized spacial score (nSPS) is 14.9. The number of rotatable bonds is 3. The van der Waals surface area contributed by atoms with Gasteiger partial charge in [-0.25, -0.2) is 0 Å². The molecule has 0 radical (unpaired) electrons. The van der Waals surface area contributed by atoms with Crippen LogP contribution >= 0.6 is 11.8 Å². The van der Waals surface area contributed by atoms with Gasteiger partial charge in [0.1, 0.15) is 11.8 Å². The van der Waals surface area contributed by atoms with Crippen molar-refractivity contribution in [3.8, 4) is 11.8 Å². The standard InChI is InChI=1S/C13H14N2O2S/c14-9-11-3-1-2-4-12(11)17-10-13(16)15-5-7-18-8-6-15/h1-4H,5-8,10H2. The molecule has 1 amide bonds. The Bertz CT molecular complexity index is 464. The molecular weight excluding hydrogens is 248 g/mol. The van der Waals surface area contributed by atoms with Crippen LogP contribution in [0.1, 0.15) is 5.56 Å². The minimum atomic E-state index is -0.0111. The topological polar surface area (TPSA) is 53.3 Å². The molecule has 1 aliphatic rings. The highest BCUT2D eigenvalue weighted by molar-refractivity contribution is 7.99. The second-order valence-corrected chi connectivity index (χ2v) is 5.11. The van der Waals surface area contributed by atoms with Crippen molar-refractivity contribution in [1.29, 1.82) is 5.26 Å². The van der Waals surface area contributed by atoms with Crippen molar-refractivity contribution in [2.75, 3.05) is 31.2 Å². The zero-order valence-electron chi connectivity index (χ0n) is 9.96. The monoisotopic (exact) mass is 262 g/mol. The van der Waals surface area contributed by atoms with Crippen molar-refractivity contribution in [3.05, 3.63) is 29.8 Å². The first-order valence-electron chi connectivity index (χ1n) is 5.78. The van der Waals surface area contributed by atoms with Gasteiger partial charge in [-0.05, 0) is 12.1 Å². The Morgan fingerprint density at radius 1 is 1.39 bits per heavy atom. The number of hydrogen-bond donors (Lipinski definition) is 0. The molecule has 0 atom stereocenters. The van der Waals surface area contributed by atoms with Crippen LogP contribution in [0.25, 0.3) is 0 Å². The van der Waals surface area contributed by atoms with E-state index in [4.69, 9.17) is 10.00 Å². The number of nitrogens with zero attached hydrogens (tertiary/aromatic N) is 2. The Hall–Kier alpha value is -1.67. The van der Waals surface area contributed by atoms with E-state index in [0.29, 0.717) is 11.3 Å². The third-order valence-corrected chi connectivity index (χ3v) is 3.66. The Balaban J connectivity index is 1.91. The van der Waals surface area contributed by atoms with Crippen LogP contribution in [0.3, 0.4) is 0 Å². The third kappa shape index (κ3) is 3.17. The summed E-state index contributed by atoms with van der Waals surface area (Å²) in [7, 11) is 0. The van der Waals surface area contributed by atoms with Gasteiger partial charge >= 0.3 is 0 Å². The molecular formula is C13H14N2O2S. The van der Waals surface area contributed by atoms with E-state index in [-0.39, 0.29) is 12.5 Å². The first-order chi connectivity index (χ1) is 8.81. The third-order valence-electron chi connectivity index (χ3n) is 2.72. The van der Waals surface area contributed by atoms with Gasteiger partial charge in [-0.3, -0.25) is 4.79 Å². The largest absolute Gasteiger partial charge is 0.482 e. The SMILES string of the molecule is N#Cc1ccccc1OCC(=O)N1CCSCC1. The van der Waals surface area contributed by atoms with E-state index < -0.39 is 0 Å². The molecule has 1 saturated heterocycles. The van der Waals surface area contributed by atoms with E-state index in [1.165, 1.54) is 0 Å². The fourth-order valence-corrected chi connectivity index (χ4v) is 2.63. The summed E-state index contributed by atoms with van der Waals surface area (Å²) in [6.45, 7) is 1.57. The van der Waals surface area contributed by atoms with E-state index >= 15 is 0 Å². The van der Waals surface area contributed by atoms with Gasteiger partial charge in [0.25, 0.3) is 5.91 Å². The molecule has 0 spiro atoms. The predicted molar refractivity (Wildman–Crippen MR) is 70.6 cm³/mol. The summed E-state index contributed by atoms with van der Waals surface area (Å²) in [5.74, 6) is 2.43. The van der Waals surface area contributed by atoms with Crippen LogP contribution in [0.2, 0.25) is 0 Å². The second kappa shape index (κ2) is 6.31. The van der Waals surface area contributed by atoms with E-state index in [1.807, 2.05) is 22.7 Å². The Labute approximate surface area is 111 Å². The molecule has 0 bridgehead atoms. The molecule has 2 rings (SSSR count). The lowest BCUT2D eigenvalue weighted by molar-refractivity contribution is -0.132. The summed E-state index contributed by atoms with van der Waals surface area (Å²) in [6, 6.07) is 8.99. The van der Waals surface area contributed by atoms with Crippen molar-refractivity contribution in [3.63, 3.8) is 0 Å². The van der Waals surface area contributed by atoms with E-state index in [9.17, 15) is 4.79 Å². The quantitative estimate of drug-likeness (QED) is 0.828. The number of benzene rings is 1. The minimum absolute atomic E-state index is 0.00333. The number of amides is 1. The number of carbonyl (C=O) groups is 1. The molecule has 1 aromatic rings. The number of ether oxygens (including phenoxy) is 1. The summed E-state index contributed by atoms with van der Waals surface area (Å²) >= 11 is 1.86. The van der Waals surface area contributed by atoms with Crippen molar-refractivity contribution < 1.29 is 9.53 Å². The van der Waals surface area contributed by atoms with Crippen LogP contribution in [0.4, 0.5) is 0 Å². The maximum atomic E-state index is 11.9. The van der Waals surface area contributed by atoms with Gasteiger partial charge in [0.15, 0.2) is 6.61 Å². The van der Waals surface area contributed by atoms with Crippen LogP contribution in [0, 0.1) is 11.3 Å². The van der Waals surface area contributed by atoms with Gasteiger partial charge in [-0.1, -0.05) is 12.1 Å². The molecule has 0 aromatic heterocycles. The second-order valence-electron chi connectivity index (χ2n) is 3.89. The minimum Gasteiger partial charge on any atom is -0.482 e. The van der Waals surface area contributed by atoms with Gasteiger partial charge < -0.3 is 9.64 Å². The van der Waals surface area contributed by atoms with Crippen LogP contribution in [0.5, 0.6) is 5.75 Å².